The van der Waals surface area contributed by atoms with E-state index in [1.165, 1.54) is 35.7 Å². The number of carbonyl (C=O) groups is 1. The molecule has 0 radical (unpaired) electrons. The quantitative estimate of drug-likeness (QED) is 0.418. The second-order valence-corrected chi connectivity index (χ2v) is 10.9. The Morgan fingerprint density at radius 2 is 1.76 bits per heavy atom. The van der Waals surface area contributed by atoms with E-state index in [1.54, 1.807) is 47.4 Å². The maximum Gasteiger partial charge on any atom is 0.254 e. The van der Waals surface area contributed by atoms with Crippen LogP contribution in [0.15, 0.2) is 71.9 Å². The van der Waals surface area contributed by atoms with E-state index in [9.17, 15) is 17.6 Å². The van der Waals surface area contributed by atoms with Gasteiger partial charge in [0, 0.05) is 37.9 Å². The van der Waals surface area contributed by atoms with Gasteiger partial charge in [0.1, 0.15) is 5.82 Å². The van der Waals surface area contributed by atoms with Gasteiger partial charge in [-0.25, -0.2) is 22.8 Å². The van der Waals surface area contributed by atoms with Crippen LogP contribution in [0.2, 0.25) is 0 Å². The molecule has 2 aromatic carbocycles. The molecule has 5 rings (SSSR count). The van der Waals surface area contributed by atoms with Crippen LogP contribution < -0.4 is 4.90 Å². The summed E-state index contributed by atoms with van der Waals surface area (Å²) >= 11 is 1.43. The number of rotatable bonds is 5. The molecular formula is C24H21FN4O3S2. The largest absolute Gasteiger partial charge is 0.345 e. The Kier molecular flexibility index (Phi) is 6.01. The van der Waals surface area contributed by atoms with Gasteiger partial charge >= 0.3 is 0 Å². The fourth-order valence-electron chi connectivity index (χ4n) is 3.96. The van der Waals surface area contributed by atoms with Crippen LogP contribution in [-0.2, 0) is 15.6 Å². The minimum absolute atomic E-state index is 0.0124. The summed E-state index contributed by atoms with van der Waals surface area (Å²) in [7, 11) is -3.68. The number of sulfone groups is 1. The number of halogens is 1. The molecule has 1 fully saturated rings. The Bertz CT molecular complexity index is 1450. The maximum atomic E-state index is 13.5. The highest BCUT2D eigenvalue weighted by Gasteiger charge is 2.27. The minimum Gasteiger partial charge on any atom is -0.345 e. The maximum absolute atomic E-state index is 13.5. The highest BCUT2D eigenvalue weighted by atomic mass is 32.2. The molecular weight excluding hydrogens is 475 g/mol. The van der Waals surface area contributed by atoms with E-state index in [0.29, 0.717) is 37.3 Å². The molecule has 10 heteroatoms. The van der Waals surface area contributed by atoms with Crippen molar-refractivity contribution in [1.29, 1.82) is 0 Å². The Hall–Kier alpha value is -3.37. The number of thiazole rings is 1. The van der Waals surface area contributed by atoms with Crippen molar-refractivity contribution in [2.75, 3.05) is 31.1 Å². The number of piperazine rings is 1. The average molecular weight is 497 g/mol. The highest BCUT2D eigenvalue weighted by molar-refractivity contribution is 7.90. The monoisotopic (exact) mass is 496 g/mol. The van der Waals surface area contributed by atoms with Crippen LogP contribution in [-0.4, -0.2) is 55.4 Å². The first-order valence-electron chi connectivity index (χ1n) is 10.7. The Labute approximate surface area is 200 Å². The van der Waals surface area contributed by atoms with Gasteiger partial charge in [0.15, 0.2) is 20.0 Å². The lowest BCUT2D eigenvalue weighted by molar-refractivity contribution is 0.0746. The van der Waals surface area contributed by atoms with Crippen molar-refractivity contribution in [3.8, 4) is 0 Å². The fraction of sp³-hybridized carbons (Fsp3) is 0.208. The standard InChI is InChI=1S/C24H21FN4O3S2/c25-18-8-9-20-21(15-18)33-24(27-20)29-13-11-28(12-14-29)23(30)19-6-2-1-5-17(19)16-34(31,32)22-7-3-4-10-26-22/h1-10,15H,11-14,16H2. The zero-order valence-electron chi connectivity index (χ0n) is 18.1. The molecule has 34 heavy (non-hydrogen) atoms. The average Bonchev–Trinajstić information content (AvgIpc) is 3.28. The van der Waals surface area contributed by atoms with Gasteiger partial charge in [0.2, 0.25) is 0 Å². The molecule has 2 aromatic heterocycles. The van der Waals surface area contributed by atoms with E-state index in [4.69, 9.17) is 0 Å². The first kappa shape index (κ1) is 22.4. The summed E-state index contributed by atoms with van der Waals surface area (Å²) in [5.74, 6) is -0.784. The van der Waals surface area contributed by atoms with Gasteiger partial charge in [-0.15, -0.1) is 0 Å². The normalized spacial score (nSPS) is 14.5. The van der Waals surface area contributed by atoms with E-state index >= 15 is 0 Å². The molecule has 0 spiro atoms. The number of nitrogens with zero attached hydrogens (tertiary/aromatic N) is 4. The number of carbonyl (C=O) groups excluding carboxylic acids is 1. The topological polar surface area (TPSA) is 83.5 Å². The number of hydrogen-bond acceptors (Lipinski definition) is 7. The Morgan fingerprint density at radius 3 is 2.53 bits per heavy atom. The van der Waals surface area contributed by atoms with Crippen LogP contribution >= 0.6 is 11.3 Å². The number of amides is 1. The lowest BCUT2D eigenvalue weighted by Crippen LogP contribution is -2.49. The molecule has 174 valence electrons. The van der Waals surface area contributed by atoms with Crippen molar-refractivity contribution in [3.05, 3.63) is 83.8 Å². The van der Waals surface area contributed by atoms with Crippen LogP contribution in [0.25, 0.3) is 10.2 Å². The van der Waals surface area contributed by atoms with Gasteiger partial charge in [0.05, 0.1) is 16.0 Å². The van der Waals surface area contributed by atoms with Gasteiger partial charge < -0.3 is 9.80 Å². The third kappa shape index (κ3) is 4.51. The second-order valence-electron chi connectivity index (χ2n) is 7.97. The van der Waals surface area contributed by atoms with Crippen LogP contribution in [0.1, 0.15) is 15.9 Å². The molecule has 1 amide bonds. The predicted molar refractivity (Wildman–Crippen MR) is 129 cm³/mol. The summed E-state index contributed by atoms with van der Waals surface area (Å²) in [4.78, 5) is 25.7. The van der Waals surface area contributed by atoms with Gasteiger partial charge in [-0.1, -0.05) is 35.6 Å². The molecule has 0 atom stereocenters. The van der Waals surface area contributed by atoms with E-state index < -0.39 is 9.84 Å². The van der Waals surface area contributed by atoms with Gasteiger partial charge in [0.25, 0.3) is 5.91 Å². The first-order chi connectivity index (χ1) is 16.4. The lowest BCUT2D eigenvalue weighted by atomic mass is 10.1. The van der Waals surface area contributed by atoms with Crippen molar-refractivity contribution in [3.63, 3.8) is 0 Å². The van der Waals surface area contributed by atoms with Crippen molar-refractivity contribution in [2.24, 2.45) is 0 Å². The van der Waals surface area contributed by atoms with Gasteiger partial charge in [-0.05, 0) is 42.0 Å². The second kappa shape index (κ2) is 9.11. The number of hydrogen-bond donors (Lipinski definition) is 0. The van der Waals surface area contributed by atoms with Crippen molar-refractivity contribution in [1.82, 2.24) is 14.9 Å². The third-order valence-electron chi connectivity index (χ3n) is 5.73. The fourth-order valence-corrected chi connectivity index (χ4v) is 6.32. The number of aromatic nitrogens is 2. The van der Waals surface area contributed by atoms with Crippen molar-refractivity contribution < 1.29 is 17.6 Å². The Balaban J connectivity index is 1.30. The van der Waals surface area contributed by atoms with Gasteiger partial charge in [-0.2, -0.15) is 0 Å². The third-order valence-corrected chi connectivity index (χ3v) is 8.38. The summed E-state index contributed by atoms with van der Waals surface area (Å²) in [6.45, 7) is 2.12. The Morgan fingerprint density at radius 1 is 1.00 bits per heavy atom. The van der Waals surface area contributed by atoms with Crippen LogP contribution in [0.5, 0.6) is 0 Å². The summed E-state index contributed by atoms with van der Waals surface area (Å²) in [6, 6.07) is 16.1. The van der Waals surface area contributed by atoms with Crippen LogP contribution in [0.3, 0.4) is 0 Å². The smallest absolute Gasteiger partial charge is 0.254 e. The molecule has 0 saturated carbocycles. The van der Waals surface area contributed by atoms with E-state index in [2.05, 4.69) is 14.9 Å². The lowest BCUT2D eigenvalue weighted by Gasteiger charge is -2.34. The summed E-state index contributed by atoms with van der Waals surface area (Å²) in [5.41, 5.74) is 1.59. The highest BCUT2D eigenvalue weighted by Crippen LogP contribution is 2.30. The molecule has 0 aliphatic carbocycles. The SMILES string of the molecule is O=C(c1ccccc1CS(=O)(=O)c1ccccn1)N1CCN(c2nc3ccc(F)cc3s2)CC1. The number of anilines is 1. The molecule has 1 aliphatic rings. The van der Waals surface area contributed by atoms with Gasteiger partial charge in [-0.3, -0.25) is 4.79 Å². The van der Waals surface area contributed by atoms with Crippen molar-refractivity contribution in [2.45, 2.75) is 10.8 Å². The zero-order valence-corrected chi connectivity index (χ0v) is 19.7. The summed E-state index contributed by atoms with van der Waals surface area (Å²) in [6.07, 6.45) is 1.44. The minimum atomic E-state index is -3.68. The summed E-state index contributed by atoms with van der Waals surface area (Å²) < 4.78 is 39.9. The molecule has 1 saturated heterocycles. The summed E-state index contributed by atoms with van der Waals surface area (Å²) in [5, 5.41) is 0.788. The molecule has 0 unspecified atom stereocenters. The molecule has 3 heterocycles. The van der Waals surface area contributed by atoms with Crippen LogP contribution in [0.4, 0.5) is 9.52 Å². The zero-order chi connectivity index (χ0) is 23.7. The molecule has 0 bridgehead atoms. The van der Waals surface area contributed by atoms with E-state index in [0.717, 1.165) is 15.3 Å². The first-order valence-corrected chi connectivity index (χ1v) is 13.2. The number of fused-ring (bicyclic) bond motifs is 1. The van der Waals surface area contributed by atoms with E-state index in [-0.39, 0.29) is 22.5 Å². The number of pyridine rings is 1. The van der Waals surface area contributed by atoms with Crippen LogP contribution in [0, 0.1) is 5.82 Å². The molecule has 1 aliphatic heterocycles. The van der Waals surface area contributed by atoms with Crippen molar-refractivity contribution >= 4 is 42.4 Å². The molecule has 4 aromatic rings. The van der Waals surface area contributed by atoms with E-state index in [1.807, 2.05) is 0 Å². The molecule has 0 N–H and O–H groups in total. The number of benzene rings is 2. The predicted octanol–water partition coefficient (Wildman–Crippen LogP) is 3.77. The molecule has 7 nitrogen and oxygen atoms in total.